The van der Waals surface area contributed by atoms with E-state index in [1.807, 2.05) is 23.6 Å². The van der Waals surface area contributed by atoms with Crippen LogP contribution in [-0.2, 0) is 6.54 Å². The fraction of sp³-hybridized carbons (Fsp3) is 0.714. The summed E-state index contributed by atoms with van der Waals surface area (Å²) in [6.07, 6.45) is 5.05. The van der Waals surface area contributed by atoms with Crippen molar-refractivity contribution in [2.75, 3.05) is 13.6 Å². The molecule has 0 spiro atoms. The lowest BCUT2D eigenvalue weighted by Crippen LogP contribution is -2.36. The maximum absolute atomic E-state index is 12.5. The van der Waals surface area contributed by atoms with Gasteiger partial charge >= 0.3 is 0 Å². The Morgan fingerprint density at radius 1 is 1.63 bits per heavy atom. The highest BCUT2D eigenvalue weighted by Gasteiger charge is 2.33. The van der Waals surface area contributed by atoms with Crippen molar-refractivity contribution in [2.45, 2.75) is 45.7 Å². The van der Waals surface area contributed by atoms with E-state index in [1.165, 1.54) is 12.8 Å². The number of carbonyl (C=O) groups is 1. The van der Waals surface area contributed by atoms with Crippen molar-refractivity contribution in [3.05, 3.63) is 17.5 Å². The minimum absolute atomic E-state index is 0.0795. The van der Waals surface area contributed by atoms with Crippen LogP contribution in [0.15, 0.2) is 6.20 Å². The Labute approximate surface area is 114 Å². The van der Waals surface area contributed by atoms with Crippen molar-refractivity contribution in [3.63, 3.8) is 0 Å². The average Bonchev–Trinajstić information content (AvgIpc) is 3.19. The van der Waals surface area contributed by atoms with Crippen LogP contribution in [0.2, 0.25) is 0 Å². The Hall–Kier alpha value is -1.36. The van der Waals surface area contributed by atoms with Gasteiger partial charge in [-0.1, -0.05) is 0 Å². The number of hydrogen-bond donors (Lipinski definition) is 1. The maximum atomic E-state index is 12.5. The fourth-order valence-electron chi connectivity index (χ4n) is 2.39. The molecule has 2 N–H and O–H groups in total. The van der Waals surface area contributed by atoms with E-state index in [1.54, 1.807) is 6.20 Å². The van der Waals surface area contributed by atoms with Gasteiger partial charge in [-0.3, -0.25) is 9.48 Å². The number of nitrogens with zero attached hydrogens (tertiary/aromatic N) is 3. The molecule has 106 valence electrons. The lowest BCUT2D eigenvalue weighted by Gasteiger charge is -2.24. The van der Waals surface area contributed by atoms with Gasteiger partial charge in [-0.15, -0.1) is 0 Å². The number of aromatic nitrogens is 2. The third-order valence-electron chi connectivity index (χ3n) is 4.14. The number of aryl methyl sites for hydroxylation is 1. The predicted octanol–water partition coefficient (Wildman–Crippen LogP) is 1.41. The Morgan fingerprint density at radius 3 is 2.89 bits per heavy atom. The van der Waals surface area contributed by atoms with Crippen LogP contribution in [0.4, 0.5) is 0 Å². The molecule has 5 heteroatoms. The van der Waals surface area contributed by atoms with E-state index in [2.05, 4.69) is 12.0 Å². The van der Waals surface area contributed by atoms with E-state index in [0.717, 1.165) is 18.7 Å². The molecule has 1 heterocycles. The summed E-state index contributed by atoms with van der Waals surface area (Å²) in [5.74, 6) is 0.762. The Bertz CT molecular complexity index is 450. The minimum Gasteiger partial charge on any atom is -0.339 e. The third-order valence-corrected chi connectivity index (χ3v) is 4.14. The molecule has 1 amide bonds. The molecule has 5 nitrogen and oxygen atoms in total. The first-order valence-corrected chi connectivity index (χ1v) is 7.06. The molecule has 1 aliphatic carbocycles. The molecule has 0 aromatic carbocycles. The number of hydrogen-bond acceptors (Lipinski definition) is 3. The predicted molar refractivity (Wildman–Crippen MR) is 74.9 cm³/mol. The number of rotatable bonds is 6. The highest BCUT2D eigenvalue weighted by atomic mass is 16.2. The van der Waals surface area contributed by atoms with Gasteiger partial charge in [0, 0.05) is 25.3 Å². The Morgan fingerprint density at radius 2 is 2.32 bits per heavy atom. The number of amides is 1. The Balaban J connectivity index is 2.07. The van der Waals surface area contributed by atoms with Crippen LogP contribution >= 0.6 is 0 Å². The molecule has 0 saturated heterocycles. The van der Waals surface area contributed by atoms with E-state index < -0.39 is 0 Å². The first kappa shape index (κ1) is 14.1. The van der Waals surface area contributed by atoms with E-state index >= 15 is 0 Å². The van der Waals surface area contributed by atoms with Crippen molar-refractivity contribution in [2.24, 2.45) is 11.7 Å². The first-order valence-electron chi connectivity index (χ1n) is 7.06. The lowest BCUT2D eigenvalue weighted by atomic mass is 10.1. The zero-order valence-electron chi connectivity index (χ0n) is 12.1. The normalized spacial score (nSPS) is 16.4. The van der Waals surface area contributed by atoms with Crippen LogP contribution in [0.25, 0.3) is 0 Å². The summed E-state index contributed by atoms with van der Waals surface area (Å²) in [5, 5.41) is 4.29. The molecule has 0 bridgehead atoms. The van der Waals surface area contributed by atoms with Crippen molar-refractivity contribution in [1.29, 1.82) is 0 Å². The molecule has 1 aromatic heterocycles. The van der Waals surface area contributed by atoms with E-state index in [4.69, 9.17) is 5.73 Å². The standard InChI is InChI=1S/C14H24N4O/c1-10(12-5-6-12)17(3)14(19)13-9-16-18(11(13)2)8-4-7-15/h9-10,12H,4-8,15H2,1-3H3. The highest BCUT2D eigenvalue weighted by Crippen LogP contribution is 2.35. The van der Waals surface area contributed by atoms with Gasteiger partial charge in [0.2, 0.25) is 0 Å². The van der Waals surface area contributed by atoms with Crippen molar-refractivity contribution in [3.8, 4) is 0 Å². The minimum atomic E-state index is 0.0795. The van der Waals surface area contributed by atoms with Gasteiger partial charge in [-0.25, -0.2) is 0 Å². The van der Waals surface area contributed by atoms with E-state index in [9.17, 15) is 4.79 Å². The van der Waals surface area contributed by atoms with Gasteiger partial charge in [-0.05, 0) is 45.6 Å². The smallest absolute Gasteiger partial charge is 0.257 e. The monoisotopic (exact) mass is 264 g/mol. The second-order valence-corrected chi connectivity index (χ2v) is 5.50. The van der Waals surface area contributed by atoms with Crippen LogP contribution in [0, 0.1) is 12.8 Å². The number of carbonyl (C=O) groups excluding carboxylic acids is 1. The molecule has 1 unspecified atom stereocenters. The maximum Gasteiger partial charge on any atom is 0.257 e. The molecule has 1 aromatic rings. The molecule has 19 heavy (non-hydrogen) atoms. The van der Waals surface area contributed by atoms with Gasteiger partial charge in [0.15, 0.2) is 0 Å². The van der Waals surface area contributed by atoms with Crippen LogP contribution in [-0.4, -0.2) is 40.2 Å². The average molecular weight is 264 g/mol. The lowest BCUT2D eigenvalue weighted by molar-refractivity contribution is 0.0726. The molecule has 1 fully saturated rings. The molecule has 0 aliphatic heterocycles. The molecule has 0 radical (unpaired) electrons. The van der Waals surface area contributed by atoms with Crippen molar-refractivity contribution < 1.29 is 4.79 Å². The Kier molecular flexibility index (Phi) is 4.24. The highest BCUT2D eigenvalue weighted by molar-refractivity contribution is 5.95. The molecular formula is C14H24N4O. The van der Waals surface area contributed by atoms with Crippen molar-refractivity contribution >= 4 is 5.91 Å². The van der Waals surface area contributed by atoms with Crippen LogP contribution in [0.1, 0.15) is 42.2 Å². The fourth-order valence-corrected chi connectivity index (χ4v) is 2.39. The van der Waals surface area contributed by atoms with Gasteiger partial charge in [0.25, 0.3) is 5.91 Å². The quantitative estimate of drug-likeness (QED) is 0.845. The second-order valence-electron chi connectivity index (χ2n) is 5.50. The summed E-state index contributed by atoms with van der Waals surface area (Å²) in [7, 11) is 1.89. The van der Waals surface area contributed by atoms with E-state index in [0.29, 0.717) is 24.1 Å². The van der Waals surface area contributed by atoms with E-state index in [-0.39, 0.29) is 5.91 Å². The summed E-state index contributed by atoms with van der Waals surface area (Å²) in [5.41, 5.74) is 7.16. The SMILES string of the molecule is Cc1c(C(=O)N(C)C(C)C2CC2)cnn1CCCN. The topological polar surface area (TPSA) is 64.2 Å². The molecule has 1 aliphatic rings. The summed E-state index contributed by atoms with van der Waals surface area (Å²) in [6.45, 7) is 5.49. The van der Waals surface area contributed by atoms with Crippen LogP contribution in [0.3, 0.4) is 0 Å². The molecule has 2 rings (SSSR count). The van der Waals surface area contributed by atoms with Crippen LogP contribution < -0.4 is 5.73 Å². The van der Waals surface area contributed by atoms with Crippen molar-refractivity contribution in [1.82, 2.24) is 14.7 Å². The third kappa shape index (κ3) is 2.97. The summed E-state index contributed by atoms with van der Waals surface area (Å²) < 4.78 is 1.87. The summed E-state index contributed by atoms with van der Waals surface area (Å²) in [4.78, 5) is 14.3. The van der Waals surface area contributed by atoms with Gasteiger partial charge in [0.1, 0.15) is 0 Å². The van der Waals surface area contributed by atoms with Gasteiger partial charge in [-0.2, -0.15) is 5.10 Å². The van der Waals surface area contributed by atoms with Gasteiger partial charge in [0.05, 0.1) is 11.8 Å². The first-order chi connectivity index (χ1) is 9.06. The summed E-state index contributed by atoms with van der Waals surface area (Å²) >= 11 is 0. The second kappa shape index (κ2) is 5.74. The molecule has 1 atom stereocenters. The zero-order valence-corrected chi connectivity index (χ0v) is 12.1. The largest absolute Gasteiger partial charge is 0.339 e. The van der Waals surface area contributed by atoms with Crippen LogP contribution in [0.5, 0.6) is 0 Å². The zero-order chi connectivity index (χ0) is 14.0. The summed E-state index contributed by atoms with van der Waals surface area (Å²) in [6, 6.07) is 0.319. The number of nitrogens with two attached hydrogens (primary N) is 1. The van der Waals surface area contributed by atoms with Gasteiger partial charge < -0.3 is 10.6 Å². The molecular weight excluding hydrogens is 240 g/mol. The molecule has 1 saturated carbocycles.